The maximum Gasteiger partial charge on any atom is 0.309 e. The van der Waals surface area contributed by atoms with E-state index in [-0.39, 0.29) is 6.42 Å². The molecule has 0 fully saturated rings. The van der Waals surface area contributed by atoms with Crippen LogP contribution >= 0.6 is 0 Å². The Morgan fingerprint density at radius 3 is 1.53 bits per heavy atom. The minimum atomic E-state index is -1.85. The molecule has 6 heteroatoms. The summed E-state index contributed by atoms with van der Waals surface area (Å²) in [4.78, 5) is 23.2. The van der Waals surface area contributed by atoms with Gasteiger partial charge in [0.25, 0.3) is 5.79 Å². The van der Waals surface area contributed by atoms with Gasteiger partial charge in [0, 0.05) is 20.3 Å². The van der Waals surface area contributed by atoms with Crippen LogP contribution in [0.2, 0.25) is 0 Å². The Bertz CT molecular complexity index is 439. The first-order valence-corrected chi connectivity index (χ1v) is 12.1. The van der Waals surface area contributed by atoms with Crippen molar-refractivity contribution in [2.75, 3.05) is 6.61 Å². The van der Waals surface area contributed by atoms with Crippen molar-refractivity contribution in [3.63, 3.8) is 0 Å². The third-order valence-corrected chi connectivity index (χ3v) is 5.43. The molecule has 2 atom stereocenters. The maximum atomic E-state index is 12.0. The summed E-state index contributed by atoms with van der Waals surface area (Å²) in [6.45, 7) is 4.02. The fraction of sp³-hybridized carbons (Fsp3) is 0.917. The maximum absolute atomic E-state index is 12.0. The molecule has 0 amide bonds. The van der Waals surface area contributed by atoms with E-state index in [1.54, 1.807) is 0 Å². The summed E-state index contributed by atoms with van der Waals surface area (Å²) in [6.07, 6.45) is 17.5. The van der Waals surface area contributed by atoms with Gasteiger partial charge in [-0.1, -0.05) is 96.8 Å². The lowest BCUT2D eigenvalue weighted by molar-refractivity contribution is -0.256. The zero-order valence-corrected chi connectivity index (χ0v) is 19.6. The number of esters is 2. The van der Waals surface area contributed by atoms with E-state index in [0.29, 0.717) is 6.42 Å². The Kier molecular flexibility index (Phi) is 17.9. The minimum absolute atomic E-state index is 0.202. The number of aliphatic hydroxyl groups excluding tert-OH is 2. The number of aliphatic hydroxyl groups is 2. The molecule has 0 aromatic heterocycles. The molecule has 2 unspecified atom stereocenters. The average molecular weight is 431 g/mol. The molecule has 0 aliphatic heterocycles. The van der Waals surface area contributed by atoms with E-state index in [9.17, 15) is 14.7 Å². The van der Waals surface area contributed by atoms with Crippen LogP contribution in [0.3, 0.4) is 0 Å². The highest BCUT2D eigenvalue weighted by Gasteiger charge is 2.40. The van der Waals surface area contributed by atoms with Gasteiger partial charge >= 0.3 is 11.9 Å². The lowest BCUT2D eigenvalue weighted by Crippen LogP contribution is -2.49. The normalized spacial score (nSPS) is 14.2. The second-order valence-corrected chi connectivity index (χ2v) is 8.48. The molecule has 0 saturated carbocycles. The predicted octanol–water partition coefficient (Wildman–Crippen LogP) is 5.42. The van der Waals surface area contributed by atoms with E-state index in [0.717, 1.165) is 19.8 Å². The molecule has 0 aliphatic carbocycles. The van der Waals surface area contributed by atoms with Crippen LogP contribution in [0.1, 0.15) is 124 Å². The zero-order valence-electron chi connectivity index (χ0n) is 19.6. The fourth-order valence-corrected chi connectivity index (χ4v) is 3.53. The Balaban J connectivity index is 3.63. The van der Waals surface area contributed by atoms with Gasteiger partial charge in [-0.3, -0.25) is 9.59 Å². The van der Waals surface area contributed by atoms with E-state index in [2.05, 4.69) is 6.92 Å². The van der Waals surface area contributed by atoms with Crippen molar-refractivity contribution in [1.82, 2.24) is 0 Å². The summed E-state index contributed by atoms with van der Waals surface area (Å²) in [5.74, 6) is -3.08. The molecule has 2 N–H and O–H groups in total. The van der Waals surface area contributed by atoms with Gasteiger partial charge in [-0.2, -0.15) is 0 Å². The lowest BCUT2D eigenvalue weighted by atomic mass is 10.0. The third kappa shape index (κ3) is 15.7. The molecule has 0 spiro atoms. The fourth-order valence-electron chi connectivity index (χ4n) is 3.53. The van der Waals surface area contributed by atoms with Crippen molar-refractivity contribution in [2.24, 2.45) is 0 Å². The highest BCUT2D eigenvalue weighted by molar-refractivity contribution is 5.71. The van der Waals surface area contributed by atoms with Gasteiger partial charge in [-0.05, 0) is 6.42 Å². The summed E-state index contributed by atoms with van der Waals surface area (Å²) in [7, 11) is 0. The van der Waals surface area contributed by atoms with Crippen LogP contribution in [0.25, 0.3) is 0 Å². The first kappa shape index (κ1) is 28.9. The molecule has 178 valence electrons. The van der Waals surface area contributed by atoms with Gasteiger partial charge in [0.2, 0.25) is 0 Å². The molecule has 0 heterocycles. The molecule has 0 rings (SSSR count). The standard InChI is InChI=1S/C24H46O6/c1-4-5-6-7-8-9-10-11-12-13-14-15-16-17-18-19-23(28)30-24(3,22(27)20-25)29-21(2)26/h22,25,27H,4-20H2,1-3H3. The molecule has 0 aromatic carbocycles. The van der Waals surface area contributed by atoms with E-state index in [4.69, 9.17) is 14.6 Å². The van der Waals surface area contributed by atoms with Crippen molar-refractivity contribution >= 4 is 11.9 Å². The highest BCUT2D eigenvalue weighted by Crippen LogP contribution is 2.20. The summed E-state index contributed by atoms with van der Waals surface area (Å²) < 4.78 is 10.0. The summed E-state index contributed by atoms with van der Waals surface area (Å²) in [6, 6.07) is 0. The number of hydrogen-bond donors (Lipinski definition) is 2. The molecule has 0 aliphatic rings. The number of ether oxygens (including phenoxy) is 2. The minimum Gasteiger partial charge on any atom is -0.420 e. The van der Waals surface area contributed by atoms with Gasteiger partial charge < -0.3 is 19.7 Å². The highest BCUT2D eigenvalue weighted by atomic mass is 16.7. The van der Waals surface area contributed by atoms with E-state index < -0.39 is 30.4 Å². The second-order valence-electron chi connectivity index (χ2n) is 8.48. The molecular weight excluding hydrogens is 384 g/mol. The van der Waals surface area contributed by atoms with E-state index in [1.807, 2.05) is 0 Å². The molecule has 0 bridgehead atoms. The Morgan fingerprint density at radius 1 is 0.767 bits per heavy atom. The Morgan fingerprint density at radius 2 is 1.17 bits per heavy atom. The van der Waals surface area contributed by atoms with Gasteiger partial charge in [0.05, 0.1) is 6.61 Å². The Hall–Kier alpha value is -1.14. The molecule has 6 nitrogen and oxygen atoms in total. The monoisotopic (exact) mass is 430 g/mol. The predicted molar refractivity (Wildman–Crippen MR) is 119 cm³/mol. The van der Waals surface area contributed by atoms with Crippen molar-refractivity contribution in [2.45, 2.75) is 135 Å². The quantitative estimate of drug-likeness (QED) is 0.152. The van der Waals surface area contributed by atoms with Crippen molar-refractivity contribution in [3.8, 4) is 0 Å². The van der Waals surface area contributed by atoms with Crippen LogP contribution < -0.4 is 0 Å². The molecule has 0 saturated heterocycles. The SMILES string of the molecule is CCCCCCCCCCCCCCCCCC(=O)OC(C)(OC(C)=O)C(O)CO. The van der Waals surface area contributed by atoms with Gasteiger partial charge in [0.15, 0.2) is 6.10 Å². The molecule has 0 radical (unpaired) electrons. The third-order valence-electron chi connectivity index (χ3n) is 5.43. The van der Waals surface area contributed by atoms with Gasteiger partial charge in [-0.25, -0.2) is 0 Å². The Labute approximate surface area is 183 Å². The van der Waals surface area contributed by atoms with Crippen LogP contribution in [0.15, 0.2) is 0 Å². The lowest BCUT2D eigenvalue weighted by Gasteiger charge is -2.31. The number of hydrogen-bond acceptors (Lipinski definition) is 6. The average Bonchev–Trinajstić information content (AvgIpc) is 2.69. The molecular formula is C24H46O6. The topological polar surface area (TPSA) is 93.1 Å². The van der Waals surface area contributed by atoms with Crippen molar-refractivity contribution in [1.29, 1.82) is 0 Å². The van der Waals surface area contributed by atoms with Crippen LogP contribution in [-0.2, 0) is 19.1 Å². The first-order chi connectivity index (χ1) is 14.4. The van der Waals surface area contributed by atoms with Crippen LogP contribution in [-0.4, -0.2) is 40.6 Å². The van der Waals surface area contributed by atoms with Gasteiger partial charge in [0.1, 0.15) is 0 Å². The van der Waals surface area contributed by atoms with Crippen LogP contribution in [0, 0.1) is 0 Å². The second kappa shape index (κ2) is 18.6. The van der Waals surface area contributed by atoms with Crippen molar-refractivity contribution < 1.29 is 29.3 Å². The summed E-state index contributed by atoms with van der Waals surface area (Å²) >= 11 is 0. The number of rotatable bonds is 20. The summed E-state index contributed by atoms with van der Waals surface area (Å²) in [5.41, 5.74) is 0. The molecule has 30 heavy (non-hydrogen) atoms. The first-order valence-electron chi connectivity index (χ1n) is 12.1. The smallest absolute Gasteiger partial charge is 0.309 e. The number of carbonyl (C=O) groups is 2. The summed E-state index contributed by atoms with van der Waals surface area (Å²) in [5, 5.41) is 18.9. The van der Waals surface area contributed by atoms with Crippen LogP contribution in [0.4, 0.5) is 0 Å². The van der Waals surface area contributed by atoms with Crippen LogP contribution in [0.5, 0.6) is 0 Å². The zero-order chi connectivity index (χ0) is 22.7. The molecule has 0 aromatic rings. The van der Waals surface area contributed by atoms with E-state index in [1.165, 1.54) is 84.0 Å². The largest absolute Gasteiger partial charge is 0.420 e. The number of unbranched alkanes of at least 4 members (excludes halogenated alkanes) is 14. The number of carbonyl (C=O) groups excluding carboxylic acids is 2. The van der Waals surface area contributed by atoms with E-state index >= 15 is 0 Å². The van der Waals surface area contributed by atoms with Gasteiger partial charge in [-0.15, -0.1) is 0 Å². The van der Waals surface area contributed by atoms with Crippen molar-refractivity contribution in [3.05, 3.63) is 0 Å².